The number of esters is 1. The first-order chi connectivity index (χ1) is 9.76. The van der Waals surface area contributed by atoms with Gasteiger partial charge in [0.05, 0.1) is 7.11 Å². The number of rotatable bonds is 2. The molecule has 0 rings (SSSR count). The van der Waals surface area contributed by atoms with Crippen LogP contribution in [0.1, 0.15) is 48.5 Å². The summed E-state index contributed by atoms with van der Waals surface area (Å²) in [5.74, 6) is -0.707. The van der Waals surface area contributed by atoms with Crippen molar-refractivity contribution in [2.45, 2.75) is 65.7 Å². The van der Waals surface area contributed by atoms with Gasteiger partial charge >= 0.3 is 18.2 Å². The lowest BCUT2D eigenvalue weighted by Gasteiger charge is -2.31. The van der Waals surface area contributed by atoms with E-state index in [1.165, 1.54) is 14.0 Å². The molecule has 128 valence electrons. The van der Waals surface area contributed by atoms with Crippen molar-refractivity contribution in [3.05, 3.63) is 0 Å². The molecule has 0 aromatic heterocycles. The van der Waals surface area contributed by atoms with Crippen molar-refractivity contribution in [1.82, 2.24) is 10.4 Å². The number of methoxy groups -OCH3 is 1. The normalized spacial score (nSPS) is 12.9. The molecule has 0 aliphatic heterocycles. The molecule has 0 aromatic carbocycles. The van der Waals surface area contributed by atoms with Crippen molar-refractivity contribution in [2.75, 3.05) is 7.11 Å². The summed E-state index contributed by atoms with van der Waals surface area (Å²) in [5, 5.41) is 0.741. The van der Waals surface area contributed by atoms with Crippen molar-refractivity contribution in [3.8, 4) is 0 Å². The van der Waals surface area contributed by atoms with Crippen LogP contribution in [0.3, 0.4) is 0 Å². The average molecular weight is 318 g/mol. The Labute approximate surface area is 131 Å². The molecule has 0 heterocycles. The maximum atomic E-state index is 12.1. The lowest BCUT2D eigenvalue weighted by Crippen LogP contribution is -2.56. The lowest BCUT2D eigenvalue weighted by atomic mass is 10.2. The van der Waals surface area contributed by atoms with Crippen LogP contribution in [0.25, 0.3) is 0 Å². The van der Waals surface area contributed by atoms with Gasteiger partial charge in [-0.25, -0.2) is 24.8 Å². The number of nitrogens with zero attached hydrogens (tertiary/aromatic N) is 1. The van der Waals surface area contributed by atoms with E-state index in [-0.39, 0.29) is 0 Å². The highest BCUT2D eigenvalue weighted by atomic mass is 16.6. The van der Waals surface area contributed by atoms with Crippen LogP contribution in [0, 0.1) is 0 Å². The summed E-state index contributed by atoms with van der Waals surface area (Å²) in [5.41, 5.74) is 0.665. The monoisotopic (exact) mass is 318 g/mol. The molecule has 1 atom stereocenters. The second-order valence-electron chi connectivity index (χ2n) is 6.66. The van der Waals surface area contributed by atoms with Crippen LogP contribution in [0.2, 0.25) is 0 Å². The number of carbonyl (C=O) groups excluding carboxylic acids is 3. The Morgan fingerprint density at radius 1 is 0.955 bits per heavy atom. The van der Waals surface area contributed by atoms with E-state index in [0.717, 1.165) is 5.01 Å². The van der Waals surface area contributed by atoms with Crippen LogP contribution < -0.4 is 5.43 Å². The first-order valence-corrected chi connectivity index (χ1v) is 6.86. The van der Waals surface area contributed by atoms with Gasteiger partial charge in [-0.15, -0.1) is 0 Å². The molecule has 0 fully saturated rings. The summed E-state index contributed by atoms with van der Waals surface area (Å²) in [4.78, 5) is 35.6. The van der Waals surface area contributed by atoms with E-state index in [2.05, 4.69) is 10.2 Å². The molecule has 0 aliphatic rings. The summed E-state index contributed by atoms with van der Waals surface area (Å²) >= 11 is 0. The van der Waals surface area contributed by atoms with Crippen LogP contribution in [0.5, 0.6) is 0 Å². The van der Waals surface area contributed by atoms with Crippen LogP contribution in [-0.2, 0) is 19.0 Å². The fourth-order valence-corrected chi connectivity index (χ4v) is 1.29. The molecule has 0 aliphatic carbocycles. The minimum atomic E-state index is -1.08. The molecule has 1 N–H and O–H groups in total. The summed E-state index contributed by atoms with van der Waals surface area (Å²) in [6.45, 7) is 11.4. The lowest BCUT2D eigenvalue weighted by molar-refractivity contribution is -0.147. The van der Waals surface area contributed by atoms with E-state index in [9.17, 15) is 14.4 Å². The number of nitrogens with one attached hydrogen (secondary N) is 1. The fourth-order valence-electron chi connectivity index (χ4n) is 1.29. The second-order valence-corrected chi connectivity index (χ2v) is 6.66. The minimum absolute atomic E-state index is 0.707. The van der Waals surface area contributed by atoms with Crippen molar-refractivity contribution >= 4 is 18.2 Å². The largest absolute Gasteiger partial charge is 0.467 e. The highest BCUT2D eigenvalue weighted by Crippen LogP contribution is 2.12. The maximum Gasteiger partial charge on any atom is 0.430 e. The van der Waals surface area contributed by atoms with Crippen molar-refractivity contribution in [3.63, 3.8) is 0 Å². The quantitative estimate of drug-likeness (QED) is 0.476. The Morgan fingerprint density at radius 3 is 1.77 bits per heavy atom. The molecule has 0 bridgehead atoms. The van der Waals surface area contributed by atoms with Crippen LogP contribution in [0.4, 0.5) is 9.59 Å². The predicted octanol–water partition coefficient (Wildman–Crippen LogP) is 2.22. The second kappa shape index (κ2) is 7.33. The van der Waals surface area contributed by atoms with Crippen molar-refractivity contribution in [2.24, 2.45) is 0 Å². The highest BCUT2D eigenvalue weighted by molar-refractivity contribution is 5.82. The van der Waals surface area contributed by atoms with Gasteiger partial charge in [-0.05, 0) is 48.5 Å². The Kier molecular flexibility index (Phi) is 6.66. The average Bonchev–Trinajstić information content (AvgIpc) is 2.29. The molecule has 0 saturated carbocycles. The minimum Gasteiger partial charge on any atom is -0.467 e. The number of carbonyl (C=O) groups is 3. The number of ether oxygens (including phenoxy) is 3. The van der Waals surface area contributed by atoms with Gasteiger partial charge in [0.15, 0.2) is 6.04 Å². The number of hydrogen-bond acceptors (Lipinski definition) is 6. The van der Waals surface area contributed by atoms with E-state index in [1.54, 1.807) is 41.5 Å². The van der Waals surface area contributed by atoms with Gasteiger partial charge in [0.25, 0.3) is 0 Å². The number of amides is 2. The van der Waals surface area contributed by atoms with Gasteiger partial charge < -0.3 is 14.2 Å². The SMILES string of the molecule is COC(=O)C(C)N(NC(=O)OC(C)(C)C)C(=O)OC(C)(C)C. The molecule has 0 radical (unpaired) electrons. The predicted molar refractivity (Wildman–Crippen MR) is 78.9 cm³/mol. The van der Waals surface area contributed by atoms with Crippen LogP contribution in [-0.4, -0.2) is 47.5 Å². The zero-order chi connectivity index (χ0) is 17.7. The number of hydrazine groups is 1. The first-order valence-electron chi connectivity index (χ1n) is 6.86. The van der Waals surface area contributed by atoms with E-state index in [0.29, 0.717) is 0 Å². The van der Waals surface area contributed by atoms with Gasteiger partial charge in [0, 0.05) is 0 Å². The first kappa shape index (κ1) is 20.0. The topological polar surface area (TPSA) is 94.2 Å². The van der Waals surface area contributed by atoms with Crippen molar-refractivity contribution < 1.29 is 28.6 Å². The molecule has 1 unspecified atom stereocenters. The summed E-state index contributed by atoms with van der Waals surface area (Å²) in [6.07, 6.45) is -1.77. The molecular formula is C14H26N2O6. The molecule has 0 spiro atoms. The van der Waals surface area contributed by atoms with E-state index in [1.807, 2.05) is 0 Å². The van der Waals surface area contributed by atoms with Gasteiger partial charge in [-0.2, -0.15) is 0 Å². The Balaban J connectivity index is 5.14. The van der Waals surface area contributed by atoms with E-state index >= 15 is 0 Å². The summed E-state index contributed by atoms with van der Waals surface area (Å²) in [7, 11) is 1.18. The third-order valence-electron chi connectivity index (χ3n) is 2.13. The molecule has 0 saturated heterocycles. The smallest absolute Gasteiger partial charge is 0.430 e. The van der Waals surface area contributed by atoms with Gasteiger partial charge in [0.2, 0.25) is 0 Å². The van der Waals surface area contributed by atoms with Crippen molar-refractivity contribution in [1.29, 1.82) is 0 Å². The summed E-state index contributed by atoms with van der Waals surface area (Å²) in [6, 6.07) is -1.08. The third-order valence-corrected chi connectivity index (χ3v) is 2.13. The standard InChI is InChI=1S/C14H26N2O6/c1-9(10(17)20-8)16(12(19)22-14(5,6)7)15-11(18)21-13(2,3)4/h9H,1-8H3,(H,15,18). The Bertz CT molecular complexity index is 422. The fraction of sp³-hybridized carbons (Fsp3) is 0.786. The molecule has 8 nitrogen and oxygen atoms in total. The Morgan fingerprint density at radius 2 is 1.41 bits per heavy atom. The highest BCUT2D eigenvalue weighted by Gasteiger charge is 2.33. The molecule has 8 heteroatoms. The third kappa shape index (κ3) is 7.70. The zero-order valence-corrected chi connectivity index (χ0v) is 14.5. The maximum absolute atomic E-state index is 12.1. The molecule has 22 heavy (non-hydrogen) atoms. The number of hydrogen-bond donors (Lipinski definition) is 1. The van der Waals surface area contributed by atoms with Crippen LogP contribution in [0.15, 0.2) is 0 Å². The van der Waals surface area contributed by atoms with Gasteiger partial charge in [-0.1, -0.05) is 0 Å². The molecule has 0 aromatic rings. The van der Waals surface area contributed by atoms with Gasteiger partial charge in [-0.3, -0.25) is 0 Å². The molecule has 2 amide bonds. The van der Waals surface area contributed by atoms with Gasteiger partial charge in [0.1, 0.15) is 11.2 Å². The van der Waals surface area contributed by atoms with E-state index < -0.39 is 35.4 Å². The van der Waals surface area contributed by atoms with E-state index in [4.69, 9.17) is 9.47 Å². The van der Waals surface area contributed by atoms with Crippen LogP contribution >= 0.6 is 0 Å². The summed E-state index contributed by atoms with van der Waals surface area (Å²) < 4.78 is 14.8. The molecular weight excluding hydrogens is 292 g/mol. The Hall–Kier alpha value is -1.99. The zero-order valence-electron chi connectivity index (χ0n) is 14.5.